The Balaban J connectivity index is 2.25. The van der Waals surface area contributed by atoms with Crippen LogP contribution in [0.4, 0.5) is 0 Å². The van der Waals surface area contributed by atoms with Gasteiger partial charge < -0.3 is 4.74 Å². The van der Waals surface area contributed by atoms with E-state index in [1.54, 1.807) is 7.11 Å². The Morgan fingerprint density at radius 2 is 1.77 bits per heavy atom. The summed E-state index contributed by atoms with van der Waals surface area (Å²) >= 11 is 5.95. The minimum atomic E-state index is -0.106. The molecule has 1 heterocycles. The fraction of sp³-hybridized carbons (Fsp3) is 0.176. The summed E-state index contributed by atoms with van der Waals surface area (Å²) in [5, 5.41) is 6.67. The summed E-state index contributed by atoms with van der Waals surface area (Å²) in [6, 6.07) is 14.9. The maximum absolute atomic E-state index is 12.5. The van der Waals surface area contributed by atoms with Crippen LogP contribution >= 0.6 is 11.6 Å². The lowest BCUT2D eigenvalue weighted by Gasteiger charge is -2.11. The van der Waals surface area contributed by atoms with Gasteiger partial charge in [-0.3, -0.25) is 4.79 Å². The number of hydrogen-bond donors (Lipinski definition) is 0. The molecule has 0 saturated heterocycles. The molecule has 0 aliphatic rings. The molecular formula is C17H15ClN2O2. The number of methoxy groups -OCH3 is 1. The Bertz CT molecular complexity index is 857. The first-order valence-corrected chi connectivity index (χ1v) is 7.33. The van der Waals surface area contributed by atoms with E-state index in [-0.39, 0.29) is 5.56 Å². The molecule has 0 fully saturated rings. The molecule has 0 spiro atoms. The number of rotatable bonds is 4. The molecule has 2 aromatic carbocycles. The quantitative estimate of drug-likeness (QED) is 0.741. The van der Waals surface area contributed by atoms with Crippen molar-refractivity contribution in [2.45, 2.75) is 6.54 Å². The van der Waals surface area contributed by atoms with E-state index in [1.165, 1.54) is 4.68 Å². The normalized spacial score (nSPS) is 11.0. The van der Waals surface area contributed by atoms with Gasteiger partial charge in [0, 0.05) is 23.1 Å². The lowest BCUT2D eigenvalue weighted by Crippen LogP contribution is -2.25. The third-order valence-electron chi connectivity index (χ3n) is 3.49. The summed E-state index contributed by atoms with van der Waals surface area (Å²) in [5.74, 6) is 0. The van der Waals surface area contributed by atoms with Gasteiger partial charge in [0.15, 0.2) is 0 Å². The van der Waals surface area contributed by atoms with Crippen molar-refractivity contribution in [3.05, 3.63) is 63.9 Å². The van der Waals surface area contributed by atoms with Crippen molar-refractivity contribution in [2.24, 2.45) is 0 Å². The van der Waals surface area contributed by atoms with Gasteiger partial charge >= 0.3 is 0 Å². The molecule has 5 heteroatoms. The van der Waals surface area contributed by atoms with E-state index in [0.29, 0.717) is 23.6 Å². The summed E-state index contributed by atoms with van der Waals surface area (Å²) in [4.78, 5) is 12.5. The lowest BCUT2D eigenvalue weighted by atomic mass is 10.1. The molecule has 1 aromatic heterocycles. The first-order valence-electron chi connectivity index (χ1n) is 6.95. The van der Waals surface area contributed by atoms with Crippen molar-refractivity contribution in [2.75, 3.05) is 13.7 Å². The van der Waals surface area contributed by atoms with Gasteiger partial charge in [0.1, 0.15) is 0 Å². The van der Waals surface area contributed by atoms with Crippen LogP contribution in [-0.2, 0) is 11.3 Å². The molecule has 0 radical (unpaired) electrons. The van der Waals surface area contributed by atoms with Gasteiger partial charge in [-0.25, -0.2) is 4.68 Å². The summed E-state index contributed by atoms with van der Waals surface area (Å²) in [6.07, 6.45) is 0. The zero-order valence-electron chi connectivity index (χ0n) is 12.1. The van der Waals surface area contributed by atoms with E-state index < -0.39 is 0 Å². The molecular weight excluding hydrogens is 300 g/mol. The van der Waals surface area contributed by atoms with Gasteiger partial charge in [0.2, 0.25) is 0 Å². The molecule has 3 rings (SSSR count). The largest absolute Gasteiger partial charge is 0.383 e. The number of fused-ring (bicyclic) bond motifs is 1. The second-order valence-electron chi connectivity index (χ2n) is 4.92. The molecule has 0 unspecified atom stereocenters. The molecule has 0 aliphatic carbocycles. The van der Waals surface area contributed by atoms with Crippen molar-refractivity contribution < 1.29 is 4.74 Å². The Kier molecular flexibility index (Phi) is 4.22. The predicted molar refractivity (Wildman–Crippen MR) is 88.3 cm³/mol. The third-order valence-corrected chi connectivity index (χ3v) is 3.74. The smallest absolute Gasteiger partial charge is 0.274 e. The zero-order chi connectivity index (χ0) is 15.5. The molecule has 3 aromatic rings. The molecule has 4 nitrogen and oxygen atoms in total. The van der Waals surface area contributed by atoms with Crippen LogP contribution in [0.1, 0.15) is 0 Å². The van der Waals surface area contributed by atoms with Gasteiger partial charge in [-0.1, -0.05) is 41.9 Å². The highest BCUT2D eigenvalue weighted by Gasteiger charge is 2.11. The summed E-state index contributed by atoms with van der Waals surface area (Å²) < 4.78 is 6.51. The first-order chi connectivity index (χ1) is 10.7. The molecule has 0 N–H and O–H groups in total. The van der Waals surface area contributed by atoms with E-state index in [2.05, 4.69) is 5.10 Å². The molecule has 0 bridgehead atoms. The number of aromatic nitrogens is 2. The first kappa shape index (κ1) is 14.8. The predicted octanol–water partition coefficient (Wildman–Crippen LogP) is 3.36. The standard InChI is InChI=1S/C17H15ClN2O2/c1-22-11-10-20-17(21)15-5-3-2-4-14(15)16(19-20)12-6-8-13(18)9-7-12/h2-9H,10-11H2,1H3. The number of benzene rings is 2. The molecule has 0 atom stereocenters. The highest BCUT2D eigenvalue weighted by atomic mass is 35.5. The Hall–Kier alpha value is -2.17. The van der Waals surface area contributed by atoms with Crippen molar-refractivity contribution in [3.8, 4) is 11.3 Å². The van der Waals surface area contributed by atoms with Crippen LogP contribution in [0.5, 0.6) is 0 Å². The van der Waals surface area contributed by atoms with Crippen LogP contribution < -0.4 is 5.56 Å². The van der Waals surface area contributed by atoms with Gasteiger partial charge in [0.25, 0.3) is 5.56 Å². The van der Waals surface area contributed by atoms with Gasteiger partial charge in [-0.2, -0.15) is 5.10 Å². The second-order valence-corrected chi connectivity index (χ2v) is 5.36. The average molecular weight is 315 g/mol. The van der Waals surface area contributed by atoms with Gasteiger partial charge in [-0.05, 0) is 18.2 Å². The Morgan fingerprint density at radius 3 is 2.45 bits per heavy atom. The van der Waals surface area contributed by atoms with Crippen molar-refractivity contribution in [1.82, 2.24) is 9.78 Å². The van der Waals surface area contributed by atoms with Crippen molar-refractivity contribution >= 4 is 22.4 Å². The fourth-order valence-corrected chi connectivity index (χ4v) is 2.51. The highest BCUT2D eigenvalue weighted by Crippen LogP contribution is 2.25. The van der Waals surface area contributed by atoms with Gasteiger partial charge in [-0.15, -0.1) is 0 Å². The maximum atomic E-state index is 12.5. The SMILES string of the molecule is COCCn1nc(-c2ccc(Cl)cc2)c2ccccc2c1=O. The maximum Gasteiger partial charge on any atom is 0.274 e. The zero-order valence-corrected chi connectivity index (χ0v) is 12.9. The molecule has 0 aliphatic heterocycles. The molecule has 0 amide bonds. The molecule has 0 saturated carbocycles. The minimum absolute atomic E-state index is 0.106. The minimum Gasteiger partial charge on any atom is -0.383 e. The molecule has 22 heavy (non-hydrogen) atoms. The third kappa shape index (κ3) is 2.75. The summed E-state index contributed by atoms with van der Waals surface area (Å²) in [6.45, 7) is 0.853. The Labute approximate surface area is 132 Å². The number of halogens is 1. The van der Waals surface area contributed by atoms with Crippen LogP contribution in [0.3, 0.4) is 0 Å². The van der Waals surface area contributed by atoms with E-state index in [9.17, 15) is 4.79 Å². The van der Waals surface area contributed by atoms with Crippen molar-refractivity contribution in [3.63, 3.8) is 0 Å². The monoisotopic (exact) mass is 314 g/mol. The van der Waals surface area contributed by atoms with Crippen LogP contribution in [-0.4, -0.2) is 23.5 Å². The van der Waals surface area contributed by atoms with Crippen molar-refractivity contribution in [1.29, 1.82) is 0 Å². The van der Waals surface area contributed by atoms with Crippen LogP contribution in [0.25, 0.3) is 22.0 Å². The van der Waals surface area contributed by atoms with E-state index in [1.807, 2.05) is 48.5 Å². The lowest BCUT2D eigenvalue weighted by molar-refractivity contribution is 0.182. The van der Waals surface area contributed by atoms with E-state index in [4.69, 9.17) is 16.3 Å². The number of ether oxygens (including phenoxy) is 1. The Morgan fingerprint density at radius 1 is 1.09 bits per heavy atom. The van der Waals surface area contributed by atoms with Crippen LogP contribution in [0, 0.1) is 0 Å². The highest BCUT2D eigenvalue weighted by molar-refractivity contribution is 6.30. The summed E-state index contributed by atoms with van der Waals surface area (Å²) in [5.41, 5.74) is 1.58. The van der Waals surface area contributed by atoms with Crippen LogP contribution in [0.2, 0.25) is 5.02 Å². The second kappa shape index (κ2) is 6.30. The average Bonchev–Trinajstić information content (AvgIpc) is 2.55. The number of hydrogen-bond acceptors (Lipinski definition) is 3. The topological polar surface area (TPSA) is 44.1 Å². The fourth-order valence-electron chi connectivity index (χ4n) is 2.39. The number of nitrogens with zero attached hydrogens (tertiary/aromatic N) is 2. The van der Waals surface area contributed by atoms with E-state index in [0.717, 1.165) is 16.6 Å². The van der Waals surface area contributed by atoms with Crippen LogP contribution in [0.15, 0.2) is 53.3 Å². The van der Waals surface area contributed by atoms with E-state index >= 15 is 0 Å². The van der Waals surface area contributed by atoms with Gasteiger partial charge in [0.05, 0.1) is 24.2 Å². The summed E-state index contributed by atoms with van der Waals surface area (Å²) in [7, 11) is 1.60. The molecule has 112 valence electrons.